The van der Waals surface area contributed by atoms with Crippen molar-refractivity contribution in [3.8, 4) is 5.75 Å². The van der Waals surface area contributed by atoms with Gasteiger partial charge in [-0.2, -0.15) is 0 Å². The fraction of sp³-hybridized carbons (Fsp3) is 0.333. The monoisotopic (exact) mass is 299 g/mol. The van der Waals surface area contributed by atoms with Crippen molar-refractivity contribution in [3.05, 3.63) is 28.2 Å². The lowest BCUT2D eigenvalue weighted by atomic mass is 10.2. The average Bonchev–Trinajstić information content (AvgIpc) is 2.25. The Morgan fingerprint density at radius 1 is 1.41 bits per heavy atom. The maximum absolute atomic E-state index is 11.3. The van der Waals surface area contributed by atoms with E-state index in [1.807, 2.05) is 18.2 Å². The summed E-state index contributed by atoms with van der Waals surface area (Å²) < 4.78 is 6.09. The Balaban J connectivity index is 2.65. The molecule has 4 nitrogen and oxygen atoms in total. The molecule has 1 aromatic carbocycles. The number of Topliss-reactive ketones (excluding diaryl/α,β-unsaturated/α-hetero) is 1. The van der Waals surface area contributed by atoms with E-state index in [1.54, 1.807) is 7.11 Å². The van der Waals surface area contributed by atoms with E-state index >= 15 is 0 Å². The van der Waals surface area contributed by atoms with Crippen molar-refractivity contribution in [2.75, 3.05) is 7.11 Å². The SMILES string of the molecule is COc1ccc(Br)cc1CNC(=O)CC(C)=O. The van der Waals surface area contributed by atoms with Gasteiger partial charge >= 0.3 is 0 Å². The quantitative estimate of drug-likeness (QED) is 0.847. The fourth-order valence-electron chi connectivity index (χ4n) is 1.37. The van der Waals surface area contributed by atoms with Gasteiger partial charge in [-0.3, -0.25) is 9.59 Å². The lowest BCUT2D eigenvalue weighted by molar-refractivity contribution is -0.127. The first kappa shape index (κ1) is 13.7. The van der Waals surface area contributed by atoms with Crippen LogP contribution < -0.4 is 10.1 Å². The number of halogens is 1. The van der Waals surface area contributed by atoms with Crippen LogP contribution in [-0.4, -0.2) is 18.8 Å². The molecule has 0 spiro atoms. The van der Waals surface area contributed by atoms with Gasteiger partial charge in [0.25, 0.3) is 0 Å². The number of nitrogens with one attached hydrogen (secondary N) is 1. The molecule has 1 N–H and O–H groups in total. The fourth-order valence-corrected chi connectivity index (χ4v) is 1.78. The van der Waals surface area contributed by atoms with E-state index in [9.17, 15) is 9.59 Å². The summed E-state index contributed by atoms with van der Waals surface area (Å²) in [6.45, 7) is 1.73. The van der Waals surface area contributed by atoms with Crippen LogP contribution in [0.3, 0.4) is 0 Å². The average molecular weight is 300 g/mol. The zero-order chi connectivity index (χ0) is 12.8. The Hall–Kier alpha value is -1.36. The van der Waals surface area contributed by atoms with E-state index in [4.69, 9.17) is 4.74 Å². The first-order valence-electron chi connectivity index (χ1n) is 5.11. The van der Waals surface area contributed by atoms with Crippen molar-refractivity contribution >= 4 is 27.6 Å². The molecule has 0 heterocycles. The topological polar surface area (TPSA) is 55.4 Å². The number of hydrogen-bond donors (Lipinski definition) is 1. The third-order valence-electron chi connectivity index (χ3n) is 2.13. The summed E-state index contributed by atoms with van der Waals surface area (Å²) in [5, 5.41) is 2.67. The Morgan fingerprint density at radius 2 is 2.12 bits per heavy atom. The Bertz CT molecular complexity index is 432. The molecule has 0 aromatic heterocycles. The van der Waals surface area contributed by atoms with Crippen molar-refractivity contribution in [1.29, 1.82) is 0 Å². The number of benzene rings is 1. The molecule has 0 aliphatic heterocycles. The minimum atomic E-state index is -0.278. The zero-order valence-corrected chi connectivity index (χ0v) is 11.3. The lowest BCUT2D eigenvalue weighted by Crippen LogP contribution is -2.24. The molecular weight excluding hydrogens is 286 g/mol. The van der Waals surface area contributed by atoms with E-state index in [0.717, 1.165) is 10.0 Å². The van der Waals surface area contributed by atoms with Gasteiger partial charge in [-0.25, -0.2) is 0 Å². The van der Waals surface area contributed by atoms with E-state index < -0.39 is 0 Å². The molecule has 0 fully saturated rings. The molecule has 17 heavy (non-hydrogen) atoms. The van der Waals surface area contributed by atoms with Crippen molar-refractivity contribution in [2.45, 2.75) is 19.9 Å². The predicted octanol–water partition coefficient (Wildman–Crippen LogP) is 2.05. The van der Waals surface area contributed by atoms with Crippen molar-refractivity contribution < 1.29 is 14.3 Å². The highest BCUT2D eigenvalue weighted by Gasteiger charge is 2.07. The van der Waals surface area contributed by atoms with Crippen LogP contribution in [0.25, 0.3) is 0 Å². The number of amides is 1. The molecule has 1 aromatic rings. The molecule has 0 saturated heterocycles. The van der Waals surface area contributed by atoms with Gasteiger partial charge in [0, 0.05) is 16.6 Å². The van der Waals surface area contributed by atoms with Crippen LogP contribution in [0, 0.1) is 0 Å². The number of ether oxygens (including phenoxy) is 1. The van der Waals surface area contributed by atoms with E-state index in [2.05, 4.69) is 21.2 Å². The van der Waals surface area contributed by atoms with Crippen LogP contribution in [0.4, 0.5) is 0 Å². The van der Waals surface area contributed by atoms with Crippen LogP contribution in [0.1, 0.15) is 18.9 Å². The smallest absolute Gasteiger partial charge is 0.227 e. The molecule has 0 unspecified atom stereocenters. The second-order valence-electron chi connectivity index (χ2n) is 3.61. The molecule has 5 heteroatoms. The van der Waals surface area contributed by atoms with E-state index in [-0.39, 0.29) is 18.1 Å². The second kappa shape index (κ2) is 6.39. The zero-order valence-electron chi connectivity index (χ0n) is 9.75. The highest BCUT2D eigenvalue weighted by atomic mass is 79.9. The normalized spacial score (nSPS) is 9.82. The van der Waals surface area contributed by atoms with Crippen molar-refractivity contribution in [3.63, 3.8) is 0 Å². The van der Waals surface area contributed by atoms with Gasteiger partial charge in [0.2, 0.25) is 5.91 Å². The summed E-state index contributed by atoms with van der Waals surface area (Å²) in [6, 6.07) is 5.54. The third-order valence-corrected chi connectivity index (χ3v) is 2.62. The molecule has 0 atom stereocenters. The van der Waals surface area contributed by atoms with Gasteiger partial charge in [0.05, 0.1) is 13.5 Å². The standard InChI is InChI=1S/C12H14BrNO3/c1-8(15)5-12(16)14-7-9-6-10(13)3-4-11(9)17-2/h3-4,6H,5,7H2,1-2H3,(H,14,16). The van der Waals surface area contributed by atoms with Gasteiger partial charge in [-0.05, 0) is 25.1 Å². The van der Waals surface area contributed by atoms with Gasteiger partial charge in [0.1, 0.15) is 11.5 Å². The third kappa shape index (κ3) is 4.56. The molecule has 1 amide bonds. The maximum atomic E-state index is 11.3. The molecule has 0 radical (unpaired) electrons. The maximum Gasteiger partial charge on any atom is 0.227 e. The Kier molecular flexibility index (Phi) is 5.15. The molecule has 0 saturated carbocycles. The number of methoxy groups -OCH3 is 1. The molecule has 92 valence electrons. The van der Waals surface area contributed by atoms with Crippen LogP contribution in [0.15, 0.2) is 22.7 Å². The summed E-state index contributed by atoms with van der Waals surface area (Å²) in [5.74, 6) is 0.277. The van der Waals surface area contributed by atoms with Crippen LogP contribution in [0.2, 0.25) is 0 Å². The summed E-state index contributed by atoms with van der Waals surface area (Å²) >= 11 is 3.35. The predicted molar refractivity (Wildman–Crippen MR) is 67.8 cm³/mol. The van der Waals surface area contributed by atoms with Crippen molar-refractivity contribution in [2.24, 2.45) is 0 Å². The Morgan fingerprint density at radius 3 is 2.71 bits per heavy atom. The highest BCUT2D eigenvalue weighted by molar-refractivity contribution is 9.10. The second-order valence-corrected chi connectivity index (χ2v) is 4.53. The van der Waals surface area contributed by atoms with Gasteiger partial charge in [-0.15, -0.1) is 0 Å². The molecule has 1 rings (SSSR count). The van der Waals surface area contributed by atoms with Gasteiger partial charge in [-0.1, -0.05) is 15.9 Å². The van der Waals surface area contributed by atoms with Crippen LogP contribution in [0.5, 0.6) is 5.75 Å². The summed E-state index contributed by atoms with van der Waals surface area (Å²) in [5.41, 5.74) is 0.860. The van der Waals surface area contributed by atoms with Crippen LogP contribution in [-0.2, 0) is 16.1 Å². The highest BCUT2D eigenvalue weighted by Crippen LogP contribution is 2.22. The minimum absolute atomic E-state index is 0.0870. The molecule has 0 bridgehead atoms. The number of rotatable bonds is 5. The molecular formula is C12H14BrNO3. The van der Waals surface area contributed by atoms with E-state index in [0.29, 0.717) is 12.3 Å². The van der Waals surface area contributed by atoms with E-state index in [1.165, 1.54) is 6.92 Å². The van der Waals surface area contributed by atoms with Gasteiger partial charge < -0.3 is 10.1 Å². The summed E-state index contributed by atoms with van der Waals surface area (Å²) in [7, 11) is 1.57. The molecule has 0 aliphatic rings. The number of hydrogen-bond acceptors (Lipinski definition) is 3. The summed E-state index contributed by atoms with van der Waals surface area (Å²) in [4.78, 5) is 22.1. The number of carbonyl (C=O) groups is 2. The number of ketones is 1. The lowest BCUT2D eigenvalue weighted by Gasteiger charge is -2.09. The van der Waals surface area contributed by atoms with Gasteiger partial charge in [0.15, 0.2) is 0 Å². The van der Waals surface area contributed by atoms with Crippen LogP contribution >= 0.6 is 15.9 Å². The Labute approximate surface area is 108 Å². The first-order chi connectivity index (χ1) is 8.02. The largest absolute Gasteiger partial charge is 0.496 e. The summed E-state index contributed by atoms with van der Waals surface area (Å²) in [6.07, 6.45) is -0.0870. The first-order valence-corrected chi connectivity index (χ1v) is 5.90. The number of carbonyl (C=O) groups excluding carboxylic acids is 2. The van der Waals surface area contributed by atoms with Crippen molar-refractivity contribution in [1.82, 2.24) is 5.32 Å². The minimum Gasteiger partial charge on any atom is -0.496 e. The molecule has 0 aliphatic carbocycles.